The minimum absolute atomic E-state index is 0.0657. The molecule has 0 saturated carbocycles. The lowest BCUT2D eigenvalue weighted by atomic mass is 10.1. The summed E-state index contributed by atoms with van der Waals surface area (Å²) < 4.78 is 0.789. The second-order valence-corrected chi connectivity index (χ2v) is 6.00. The first-order valence-corrected chi connectivity index (χ1v) is 7.08. The van der Waals surface area contributed by atoms with Gasteiger partial charge in [0.2, 0.25) is 0 Å². The van der Waals surface area contributed by atoms with E-state index in [4.69, 9.17) is 0 Å². The Balaban J connectivity index is 2.62. The highest BCUT2D eigenvalue weighted by Gasteiger charge is 2.13. The number of amides is 1. The normalized spacial score (nSPS) is 12.6. The molecule has 1 unspecified atom stereocenters. The third-order valence-electron chi connectivity index (χ3n) is 2.58. The number of hydrogen-bond donors (Lipinski definition) is 2. The van der Waals surface area contributed by atoms with Crippen molar-refractivity contribution in [2.75, 3.05) is 20.6 Å². The maximum Gasteiger partial charge on any atom is 0.252 e. The molecule has 0 radical (unpaired) electrons. The van der Waals surface area contributed by atoms with Crippen LogP contribution in [0.5, 0.6) is 0 Å². The minimum atomic E-state index is -0.0657. The molecule has 1 aromatic carbocycles. The summed E-state index contributed by atoms with van der Waals surface area (Å²) in [7, 11) is 4.05. The Labute approximate surface area is 122 Å². The highest BCUT2D eigenvalue weighted by atomic mass is 79.9. The molecule has 1 atom stereocenters. The van der Waals surface area contributed by atoms with Gasteiger partial charge in [-0.3, -0.25) is 4.79 Å². The summed E-state index contributed by atoms with van der Waals surface area (Å²) in [5.74, 6) is -0.0657. The van der Waals surface area contributed by atoms with E-state index in [9.17, 15) is 4.79 Å². The average Bonchev–Trinajstić information content (AvgIpc) is 2.29. The van der Waals surface area contributed by atoms with Crippen molar-refractivity contribution < 1.29 is 4.79 Å². The van der Waals surface area contributed by atoms with Crippen molar-refractivity contribution in [3.63, 3.8) is 0 Å². The van der Waals surface area contributed by atoms with E-state index in [1.54, 1.807) is 6.07 Å². The molecule has 0 aromatic heterocycles. The summed E-state index contributed by atoms with van der Waals surface area (Å²) in [6.45, 7) is 2.97. The quantitative estimate of drug-likeness (QED) is 0.814. The second-order valence-electron chi connectivity index (χ2n) is 4.63. The number of thiol groups is 1. The van der Waals surface area contributed by atoms with Gasteiger partial charge in [-0.25, -0.2) is 0 Å². The van der Waals surface area contributed by atoms with Gasteiger partial charge in [-0.15, -0.1) is 12.6 Å². The molecule has 3 nitrogen and oxygen atoms in total. The molecular formula is C13H19BrN2OS. The van der Waals surface area contributed by atoms with Crippen LogP contribution in [0.2, 0.25) is 0 Å². The first kappa shape index (κ1) is 15.5. The molecule has 1 amide bonds. The Morgan fingerprint density at radius 3 is 2.78 bits per heavy atom. The van der Waals surface area contributed by atoms with E-state index in [-0.39, 0.29) is 11.9 Å². The van der Waals surface area contributed by atoms with E-state index < -0.39 is 0 Å². The predicted octanol–water partition coefficient (Wildman–Crippen LogP) is 2.81. The fourth-order valence-corrected chi connectivity index (χ4v) is 2.14. The van der Waals surface area contributed by atoms with Crippen LogP contribution < -0.4 is 5.32 Å². The van der Waals surface area contributed by atoms with Gasteiger partial charge in [-0.2, -0.15) is 0 Å². The number of nitrogens with one attached hydrogen (secondary N) is 1. The highest BCUT2D eigenvalue weighted by Crippen LogP contribution is 2.20. The van der Waals surface area contributed by atoms with E-state index in [2.05, 4.69) is 38.8 Å². The van der Waals surface area contributed by atoms with Crippen molar-refractivity contribution in [2.24, 2.45) is 0 Å². The topological polar surface area (TPSA) is 32.3 Å². The van der Waals surface area contributed by atoms with Gasteiger partial charge in [0.1, 0.15) is 0 Å². The predicted molar refractivity (Wildman–Crippen MR) is 81.5 cm³/mol. The molecule has 0 bridgehead atoms. The van der Waals surface area contributed by atoms with Crippen LogP contribution in [0.15, 0.2) is 27.6 Å². The van der Waals surface area contributed by atoms with Gasteiger partial charge < -0.3 is 10.2 Å². The smallest absolute Gasteiger partial charge is 0.252 e. The molecule has 0 fully saturated rings. The number of rotatable bonds is 5. The van der Waals surface area contributed by atoms with E-state index in [1.165, 1.54) is 0 Å². The van der Waals surface area contributed by atoms with Gasteiger partial charge >= 0.3 is 0 Å². The first-order valence-electron chi connectivity index (χ1n) is 5.84. The van der Waals surface area contributed by atoms with Gasteiger partial charge in [-0.1, -0.05) is 0 Å². The van der Waals surface area contributed by atoms with Crippen molar-refractivity contribution in [1.29, 1.82) is 0 Å². The molecule has 1 N–H and O–H groups in total. The van der Waals surface area contributed by atoms with Crippen LogP contribution in [0.4, 0.5) is 0 Å². The number of nitrogens with zero attached hydrogens (tertiary/aromatic N) is 1. The first-order chi connectivity index (χ1) is 8.40. The molecule has 0 heterocycles. The maximum absolute atomic E-state index is 12.1. The SMILES string of the molecule is CC(CCN(C)C)NC(=O)c1cc(S)ccc1Br. The van der Waals surface area contributed by atoms with Gasteiger partial charge in [0.05, 0.1) is 5.56 Å². The van der Waals surface area contributed by atoms with E-state index in [1.807, 2.05) is 33.2 Å². The van der Waals surface area contributed by atoms with Crippen molar-refractivity contribution in [3.05, 3.63) is 28.2 Å². The zero-order chi connectivity index (χ0) is 13.7. The summed E-state index contributed by atoms with van der Waals surface area (Å²) in [6, 6.07) is 5.60. The van der Waals surface area contributed by atoms with Gasteiger partial charge in [-0.05, 0) is 68.1 Å². The molecule has 0 aliphatic rings. The lowest BCUT2D eigenvalue weighted by Crippen LogP contribution is -2.35. The van der Waals surface area contributed by atoms with Crippen molar-refractivity contribution in [3.8, 4) is 0 Å². The van der Waals surface area contributed by atoms with Crippen molar-refractivity contribution >= 4 is 34.5 Å². The van der Waals surface area contributed by atoms with Crippen molar-refractivity contribution in [2.45, 2.75) is 24.3 Å². The molecule has 0 aliphatic carbocycles. The highest BCUT2D eigenvalue weighted by molar-refractivity contribution is 9.10. The Kier molecular flexibility index (Phi) is 6.18. The van der Waals surface area contributed by atoms with E-state index >= 15 is 0 Å². The van der Waals surface area contributed by atoms with E-state index in [0.29, 0.717) is 5.56 Å². The number of halogens is 1. The van der Waals surface area contributed by atoms with Gasteiger partial charge in [0.15, 0.2) is 0 Å². The molecular weight excluding hydrogens is 312 g/mol. The summed E-state index contributed by atoms with van der Waals surface area (Å²) in [4.78, 5) is 15.0. The van der Waals surface area contributed by atoms with Crippen LogP contribution in [-0.2, 0) is 0 Å². The molecule has 0 spiro atoms. The summed E-state index contributed by atoms with van der Waals surface area (Å²) in [6.07, 6.45) is 0.928. The molecule has 5 heteroatoms. The molecule has 1 rings (SSSR count). The monoisotopic (exact) mass is 330 g/mol. The van der Waals surface area contributed by atoms with Crippen LogP contribution in [0.3, 0.4) is 0 Å². The number of carbonyl (C=O) groups is 1. The maximum atomic E-state index is 12.1. The molecule has 0 aliphatic heterocycles. The minimum Gasteiger partial charge on any atom is -0.350 e. The molecule has 0 saturated heterocycles. The van der Waals surface area contributed by atoms with Gasteiger partial charge in [0.25, 0.3) is 5.91 Å². The fraction of sp³-hybridized carbons (Fsp3) is 0.462. The summed E-state index contributed by atoms with van der Waals surface area (Å²) >= 11 is 7.63. The number of hydrogen-bond acceptors (Lipinski definition) is 3. The van der Waals surface area contributed by atoms with Crippen LogP contribution in [0.1, 0.15) is 23.7 Å². The third-order valence-corrected chi connectivity index (χ3v) is 3.55. The zero-order valence-electron chi connectivity index (χ0n) is 10.9. The fourth-order valence-electron chi connectivity index (χ4n) is 1.51. The average molecular weight is 331 g/mol. The van der Waals surface area contributed by atoms with Crippen LogP contribution in [-0.4, -0.2) is 37.5 Å². The van der Waals surface area contributed by atoms with Crippen LogP contribution >= 0.6 is 28.6 Å². The Morgan fingerprint density at radius 1 is 1.50 bits per heavy atom. The number of carbonyl (C=O) groups excluding carboxylic acids is 1. The van der Waals surface area contributed by atoms with E-state index in [0.717, 1.165) is 22.3 Å². The Morgan fingerprint density at radius 2 is 2.17 bits per heavy atom. The van der Waals surface area contributed by atoms with Crippen LogP contribution in [0, 0.1) is 0 Å². The van der Waals surface area contributed by atoms with Crippen LogP contribution in [0.25, 0.3) is 0 Å². The summed E-state index contributed by atoms with van der Waals surface area (Å²) in [5, 5.41) is 2.99. The Bertz CT molecular complexity index is 423. The zero-order valence-corrected chi connectivity index (χ0v) is 13.4. The lowest BCUT2D eigenvalue weighted by Gasteiger charge is -2.17. The van der Waals surface area contributed by atoms with Crippen molar-refractivity contribution in [1.82, 2.24) is 10.2 Å². The summed E-state index contributed by atoms with van der Waals surface area (Å²) in [5.41, 5.74) is 0.624. The number of benzene rings is 1. The van der Waals surface area contributed by atoms with Gasteiger partial charge in [0, 0.05) is 15.4 Å². The standard InChI is InChI=1S/C13H19BrN2OS/c1-9(6-7-16(2)3)15-13(17)11-8-10(18)4-5-12(11)14/h4-5,8-9,18H,6-7H2,1-3H3,(H,15,17). The third kappa shape index (κ3) is 5.00. The Hall–Kier alpha value is -0.520. The second kappa shape index (κ2) is 7.16. The molecule has 100 valence electrons. The lowest BCUT2D eigenvalue weighted by molar-refractivity contribution is 0.0936. The molecule has 18 heavy (non-hydrogen) atoms. The molecule has 1 aromatic rings. The largest absolute Gasteiger partial charge is 0.350 e.